The predicted molar refractivity (Wildman–Crippen MR) is 74.3 cm³/mol. The van der Waals surface area contributed by atoms with Crippen molar-refractivity contribution in [3.63, 3.8) is 0 Å². The lowest BCUT2D eigenvalue weighted by molar-refractivity contribution is 0.0984. The lowest BCUT2D eigenvalue weighted by Gasteiger charge is -2.38. The smallest absolute Gasteiger partial charge is 0.0708 e. The molecule has 2 N–H and O–H groups in total. The standard InChI is InChI=1S/C15H19N3/c1-11-6-13(10-18-8-12(7-16)9-18)14-4-2-3-5-15(14)17-11/h2-6,12H,7-10,16H2,1H3. The molecule has 1 fully saturated rings. The van der Waals surface area contributed by atoms with Crippen molar-refractivity contribution in [2.75, 3.05) is 19.6 Å². The van der Waals surface area contributed by atoms with Gasteiger partial charge in [0.05, 0.1) is 5.52 Å². The predicted octanol–water partition coefficient (Wildman–Crippen LogP) is 1.93. The molecule has 0 bridgehead atoms. The summed E-state index contributed by atoms with van der Waals surface area (Å²) in [6.45, 7) is 6.15. The summed E-state index contributed by atoms with van der Waals surface area (Å²) >= 11 is 0. The monoisotopic (exact) mass is 241 g/mol. The van der Waals surface area contributed by atoms with Crippen molar-refractivity contribution in [1.29, 1.82) is 0 Å². The highest BCUT2D eigenvalue weighted by molar-refractivity contribution is 5.82. The molecule has 94 valence electrons. The fourth-order valence-corrected chi connectivity index (χ4v) is 2.72. The van der Waals surface area contributed by atoms with Crippen molar-refractivity contribution in [2.45, 2.75) is 13.5 Å². The number of hydrogen-bond donors (Lipinski definition) is 1. The maximum Gasteiger partial charge on any atom is 0.0708 e. The zero-order valence-corrected chi connectivity index (χ0v) is 10.8. The molecular formula is C15H19N3. The Kier molecular flexibility index (Phi) is 3.02. The molecule has 0 unspecified atom stereocenters. The molecule has 1 aliphatic rings. The Hall–Kier alpha value is -1.45. The number of rotatable bonds is 3. The molecule has 3 heteroatoms. The average Bonchev–Trinajstić information content (AvgIpc) is 2.32. The minimum absolute atomic E-state index is 0.694. The normalized spacial score (nSPS) is 17.0. The summed E-state index contributed by atoms with van der Waals surface area (Å²) in [5, 5.41) is 1.28. The number of aryl methyl sites for hydroxylation is 1. The van der Waals surface area contributed by atoms with Gasteiger partial charge in [-0.1, -0.05) is 18.2 Å². The lowest BCUT2D eigenvalue weighted by Crippen LogP contribution is -2.49. The van der Waals surface area contributed by atoms with E-state index >= 15 is 0 Å². The van der Waals surface area contributed by atoms with Gasteiger partial charge in [-0.15, -0.1) is 0 Å². The van der Waals surface area contributed by atoms with E-state index in [9.17, 15) is 0 Å². The molecular weight excluding hydrogens is 222 g/mol. The van der Waals surface area contributed by atoms with Crippen molar-refractivity contribution in [3.05, 3.63) is 41.6 Å². The zero-order chi connectivity index (χ0) is 12.5. The van der Waals surface area contributed by atoms with Gasteiger partial charge in [-0.2, -0.15) is 0 Å². The van der Waals surface area contributed by atoms with Gasteiger partial charge < -0.3 is 5.73 Å². The minimum Gasteiger partial charge on any atom is -0.330 e. The maximum absolute atomic E-state index is 5.67. The highest BCUT2D eigenvalue weighted by Gasteiger charge is 2.25. The maximum atomic E-state index is 5.67. The molecule has 3 rings (SSSR count). The SMILES string of the molecule is Cc1cc(CN2CC(CN)C2)c2ccccc2n1. The number of likely N-dealkylation sites (tertiary alicyclic amines) is 1. The van der Waals surface area contributed by atoms with Crippen LogP contribution in [0.25, 0.3) is 10.9 Å². The number of pyridine rings is 1. The third-order valence-electron chi connectivity index (χ3n) is 3.69. The molecule has 0 atom stereocenters. The first-order valence-corrected chi connectivity index (χ1v) is 6.54. The molecule has 0 saturated carbocycles. The summed E-state index contributed by atoms with van der Waals surface area (Å²) in [7, 11) is 0. The zero-order valence-electron chi connectivity index (χ0n) is 10.8. The topological polar surface area (TPSA) is 42.1 Å². The summed E-state index contributed by atoms with van der Waals surface area (Å²) < 4.78 is 0. The van der Waals surface area contributed by atoms with Crippen molar-refractivity contribution in [1.82, 2.24) is 9.88 Å². The molecule has 1 aromatic carbocycles. The van der Waals surface area contributed by atoms with Crippen LogP contribution in [0.5, 0.6) is 0 Å². The molecule has 1 aromatic heterocycles. The molecule has 0 radical (unpaired) electrons. The fourth-order valence-electron chi connectivity index (χ4n) is 2.72. The number of benzene rings is 1. The Labute approximate surface area is 108 Å². The van der Waals surface area contributed by atoms with E-state index in [1.165, 1.54) is 10.9 Å². The second-order valence-electron chi connectivity index (χ2n) is 5.24. The van der Waals surface area contributed by atoms with Gasteiger partial charge in [0.25, 0.3) is 0 Å². The highest BCUT2D eigenvalue weighted by atomic mass is 15.2. The first-order valence-electron chi connectivity index (χ1n) is 6.54. The summed E-state index contributed by atoms with van der Waals surface area (Å²) in [6, 6.07) is 10.6. The first kappa shape index (κ1) is 11.6. The van der Waals surface area contributed by atoms with E-state index in [1.807, 2.05) is 6.07 Å². The Bertz CT molecular complexity index is 559. The van der Waals surface area contributed by atoms with Crippen molar-refractivity contribution in [3.8, 4) is 0 Å². The summed E-state index contributed by atoms with van der Waals surface area (Å²) in [5.41, 5.74) is 9.25. The van der Waals surface area contributed by atoms with Gasteiger partial charge in [0.2, 0.25) is 0 Å². The van der Waals surface area contributed by atoms with Crippen LogP contribution in [0.1, 0.15) is 11.3 Å². The van der Waals surface area contributed by atoms with Crippen molar-refractivity contribution >= 4 is 10.9 Å². The van der Waals surface area contributed by atoms with E-state index in [4.69, 9.17) is 5.73 Å². The molecule has 0 aliphatic carbocycles. The lowest BCUT2D eigenvalue weighted by atomic mass is 9.98. The van der Waals surface area contributed by atoms with Crippen molar-refractivity contribution < 1.29 is 0 Å². The van der Waals surface area contributed by atoms with Crippen LogP contribution in [0.4, 0.5) is 0 Å². The summed E-state index contributed by atoms with van der Waals surface area (Å²) in [5.74, 6) is 0.694. The molecule has 1 aliphatic heterocycles. The average molecular weight is 241 g/mol. The first-order chi connectivity index (χ1) is 8.76. The van der Waals surface area contributed by atoms with Crippen LogP contribution < -0.4 is 5.73 Å². The third-order valence-corrected chi connectivity index (χ3v) is 3.69. The van der Waals surface area contributed by atoms with Crippen LogP contribution in [-0.2, 0) is 6.54 Å². The van der Waals surface area contributed by atoms with E-state index in [2.05, 4.69) is 41.1 Å². The van der Waals surface area contributed by atoms with E-state index in [1.54, 1.807) is 0 Å². The van der Waals surface area contributed by atoms with Gasteiger partial charge in [-0.3, -0.25) is 9.88 Å². The van der Waals surface area contributed by atoms with E-state index < -0.39 is 0 Å². The molecule has 3 nitrogen and oxygen atoms in total. The van der Waals surface area contributed by atoms with Crippen LogP contribution in [0.15, 0.2) is 30.3 Å². The van der Waals surface area contributed by atoms with E-state index in [-0.39, 0.29) is 0 Å². The molecule has 18 heavy (non-hydrogen) atoms. The number of nitrogens with two attached hydrogens (primary N) is 1. The van der Waals surface area contributed by atoms with Gasteiger partial charge in [0.15, 0.2) is 0 Å². The quantitative estimate of drug-likeness (QED) is 0.893. The van der Waals surface area contributed by atoms with E-state index in [0.717, 1.165) is 37.4 Å². The van der Waals surface area contributed by atoms with Gasteiger partial charge in [0, 0.05) is 30.7 Å². The number of aromatic nitrogens is 1. The molecule has 0 spiro atoms. The van der Waals surface area contributed by atoms with Crippen LogP contribution in [0.2, 0.25) is 0 Å². The summed E-state index contributed by atoms with van der Waals surface area (Å²) in [4.78, 5) is 7.04. The summed E-state index contributed by atoms with van der Waals surface area (Å²) in [6.07, 6.45) is 0. The van der Waals surface area contributed by atoms with Crippen molar-refractivity contribution in [2.24, 2.45) is 11.7 Å². The van der Waals surface area contributed by atoms with Gasteiger partial charge in [-0.05, 0) is 37.1 Å². The number of fused-ring (bicyclic) bond motifs is 1. The fraction of sp³-hybridized carbons (Fsp3) is 0.400. The molecule has 1 saturated heterocycles. The second-order valence-corrected chi connectivity index (χ2v) is 5.24. The Morgan fingerprint density at radius 2 is 2.11 bits per heavy atom. The second kappa shape index (κ2) is 4.67. The van der Waals surface area contributed by atoms with Crippen LogP contribution >= 0.6 is 0 Å². The Morgan fingerprint density at radius 1 is 1.33 bits per heavy atom. The Balaban J connectivity index is 1.87. The van der Waals surface area contributed by atoms with Gasteiger partial charge >= 0.3 is 0 Å². The number of hydrogen-bond acceptors (Lipinski definition) is 3. The molecule has 0 amide bonds. The van der Waals surface area contributed by atoms with Crippen LogP contribution in [0.3, 0.4) is 0 Å². The number of nitrogens with zero attached hydrogens (tertiary/aromatic N) is 2. The third kappa shape index (κ3) is 2.11. The highest BCUT2D eigenvalue weighted by Crippen LogP contribution is 2.23. The van der Waals surface area contributed by atoms with Gasteiger partial charge in [0.1, 0.15) is 0 Å². The number of para-hydroxylation sites is 1. The Morgan fingerprint density at radius 3 is 2.89 bits per heavy atom. The largest absolute Gasteiger partial charge is 0.330 e. The van der Waals surface area contributed by atoms with Crippen LogP contribution in [-0.4, -0.2) is 29.5 Å². The molecule has 2 heterocycles. The van der Waals surface area contributed by atoms with Crippen LogP contribution in [0, 0.1) is 12.8 Å². The van der Waals surface area contributed by atoms with E-state index in [0.29, 0.717) is 5.92 Å². The molecule has 2 aromatic rings. The minimum atomic E-state index is 0.694. The van der Waals surface area contributed by atoms with Gasteiger partial charge in [-0.25, -0.2) is 0 Å².